The van der Waals surface area contributed by atoms with Crippen molar-refractivity contribution in [2.45, 2.75) is 0 Å². The number of phosphoric acid groups is 1. The third kappa shape index (κ3) is 5.82. The number of hydrogen-bond acceptors (Lipinski definition) is 3. The Balaban J connectivity index is 0.00000144. The predicted molar refractivity (Wildman–Crippen MR) is 50.7 cm³/mol. The minimum atomic E-state index is -4.46. The van der Waals surface area contributed by atoms with Gasteiger partial charge in [-0.3, -0.25) is 9.79 Å². The van der Waals surface area contributed by atoms with Gasteiger partial charge in [-0.1, -0.05) is 6.07 Å². The van der Waals surface area contributed by atoms with Crippen molar-refractivity contribution in [3.63, 3.8) is 0 Å². The first kappa shape index (κ1) is 13.6. The monoisotopic (exact) mass is 229 g/mol. The standard InChI is InChI=1S/C6H8NO4P.K.H/c7-5-2-1-3-6(4-5)11-12(8,9)10;;/h1-4H,7H2,(H2,8,9,10);;. The van der Waals surface area contributed by atoms with Crippen LogP contribution in [-0.4, -0.2) is 61.2 Å². The fraction of sp³-hybridized carbons (Fsp3) is 0. The van der Waals surface area contributed by atoms with Gasteiger partial charge < -0.3 is 10.3 Å². The maximum absolute atomic E-state index is 10.3. The van der Waals surface area contributed by atoms with Crippen LogP contribution in [0.1, 0.15) is 0 Å². The van der Waals surface area contributed by atoms with Gasteiger partial charge in [-0.05, 0) is 12.1 Å². The maximum atomic E-state index is 10.3. The van der Waals surface area contributed by atoms with Crippen LogP contribution in [0.4, 0.5) is 5.69 Å². The zero-order valence-electron chi connectivity index (χ0n) is 6.04. The van der Waals surface area contributed by atoms with Crippen LogP contribution in [0.3, 0.4) is 0 Å². The zero-order chi connectivity index (χ0) is 9.19. The second kappa shape index (κ2) is 5.48. The summed E-state index contributed by atoms with van der Waals surface area (Å²) < 4.78 is 14.6. The van der Waals surface area contributed by atoms with Crippen LogP contribution in [-0.2, 0) is 4.57 Å². The SMILES string of the molecule is Nc1cccc(OP(=O)(O)O)c1.[KH]. The van der Waals surface area contributed by atoms with Crippen LogP contribution in [0.25, 0.3) is 0 Å². The quantitative estimate of drug-likeness (QED) is 0.380. The summed E-state index contributed by atoms with van der Waals surface area (Å²) in [4.78, 5) is 16.8. The Hall–Kier alpha value is 0.606. The number of phosphoric ester groups is 1. The van der Waals surface area contributed by atoms with E-state index in [2.05, 4.69) is 4.52 Å². The molecule has 0 bridgehead atoms. The van der Waals surface area contributed by atoms with Crippen molar-refractivity contribution in [1.82, 2.24) is 0 Å². The van der Waals surface area contributed by atoms with Gasteiger partial charge in [0.1, 0.15) is 5.75 Å². The molecule has 13 heavy (non-hydrogen) atoms. The summed E-state index contributed by atoms with van der Waals surface area (Å²) in [7, 11) is -4.46. The molecular formula is C6H9KNO4P. The molecule has 0 aromatic heterocycles. The van der Waals surface area contributed by atoms with Gasteiger partial charge in [0, 0.05) is 11.8 Å². The minimum absolute atomic E-state index is 0. The Morgan fingerprint density at radius 1 is 1.38 bits per heavy atom. The summed E-state index contributed by atoms with van der Waals surface area (Å²) in [5, 5.41) is 0. The molecule has 0 aliphatic carbocycles. The second-order valence-electron chi connectivity index (χ2n) is 2.15. The topological polar surface area (TPSA) is 92.8 Å². The average Bonchev–Trinajstić information content (AvgIpc) is 1.82. The number of nitrogens with two attached hydrogens (primary N) is 1. The first-order valence-electron chi connectivity index (χ1n) is 3.08. The summed E-state index contributed by atoms with van der Waals surface area (Å²) in [6.07, 6.45) is 0. The molecule has 1 aromatic rings. The fourth-order valence-electron chi connectivity index (χ4n) is 0.709. The molecule has 0 saturated carbocycles. The van der Waals surface area contributed by atoms with Gasteiger partial charge >= 0.3 is 59.2 Å². The van der Waals surface area contributed by atoms with E-state index in [4.69, 9.17) is 15.5 Å². The number of anilines is 1. The van der Waals surface area contributed by atoms with E-state index in [1.807, 2.05) is 0 Å². The van der Waals surface area contributed by atoms with Gasteiger partial charge in [0.25, 0.3) is 0 Å². The Bertz CT molecular complexity index is 326. The third-order valence-corrected chi connectivity index (χ3v) is 1.53. The molecule has 0 spiro atoms. The Morgan fingerprint density at radius 2 is 2.00 bits per heavy atom. The van der Waals surface area contributed by atoms with E-state index >= 15 is 0 Å². The van der Waals surface area contributed by atoms with Crippen LogP contribution < -0.4 is 10.3 Å². The zero-order valence-corrected chi connectivity index (χ0v) is 6.94. The fourth-order valence-corrected chi connectivity index (χ4v) is 1.10. The average molecular weight is 229 g/mol. The Labute approximate surface area is 118 Å². The van der Waals surface area contributed by atoms with Crippen molar-refractivity contribution < 1.29 is 18.9 Å². The van der Waals surface area contributed by atoms with Crippen LogP contribution in [0.15, 0.2) is 24.3 Å². The van der Waals surface area contributed by atoms with Crippen molar-refractivity contribution in [2.24, 2.45) is 0 Å². The summed E-state index contributed by atoms with van der Waals surface area (Å²) in [6, 6.07) is 5.88. The summed E-state index contributed by atoms with van der Waals surface area (Å²) >= 11 is 0. The predicted octanol–water partition coefficient (Wildman–Crippen LogP) is 0.0918. The molecule has 0 amide bonds. The van der Waals surface area contributed by atoms with Crippen molar-refractivity contribution in [1.29, 1.82) is 0 Å². The van der Waals surface area contributed by atoms with Crippen molar-refractivity contribution in [2.75, 3.05) is 5.73 Å². The van der Waals surface area contributed by atoms with E-state index in [1.165, 1.54) is 12.1 Å². The molecule has 0 unspecified atom stereocenters. The van der Waals surface area contributed by atoms with Gasteiger partial charge in [-0.2, -0.15) is 0 Å². The second-order valence-corrected chi connectivity index (χ2v) is 3.32. The molecule has 0 heterocycles. The van der Waals surface area contributed by atoms with Gasteiger partial charge in [0.05, 0.1) is 0 Å². The molecule has 0 saturated heterocycles. The molecule has 7 heteroatoms. The van der Waals surface area contributed by atoms with Crippen molar-refractivity contribution in [3.8, 4) is 5.75 Å². The molecule has 0 atom stereocenters. The van der Waals surface area contributed by atoms with Crippen LogP contribution in [0.5, 0.6) is 5.75 Å². The molecule has 4 N–H and O–H groups in total. The number of benzene rings is 1. The van der Waals surface area contributed by atoms with E-state index in [1.54, 1.807) is 12.1 Å². The number of hydrogen-bond donors (Lipinski definition) is 3. The molecule has 0 aliphatic rings. The van der Waals surface area contributed by atoms with Gasteiger partial charge in [0.15, 0.2) is 0 Å². The molecule has 1 rings (SSSR count). The molecule has 1 aromatic carbocycles. The summed E-state index contributed by atoms with van der Waals surface area (Å²) in [5.41, 5.74) is 5.73. The molecule has 0 fully saturated rings. The van der Waals surface area contributed by atoms with Crippen molar-refractivity contribution >= 4 is 64.9 Å². The number of nitrogen functional groups attached to an aromatic ring is 1. The Kier molecular flexibility index (Phi) is 5.73. The first-order valence-corrected chi connectivity index (χ1v) is 4.61. The third-order valence-electron chi connectivity index (χ3n) is 1.08. The normalized spacial score (nSPS) is 10.3. The number of rotatable bonds is 2. The van der Waals surface area contributed by atoms with Crippen LogP contribution >= 0.6 is 7.82 Å². The van der Waals surface area contributed by atoms with E-state index in [-0.39, 0.29) is 57.1 Å². The summed E-state index contributed by atoms with van der Waals surface area (Å²) in [5.74, 6) is 0.0586. The molecule has 0 radical (unpaired) electrons. The molecule has 68 valence electrons. The van der Waals surface area contributed by atoms with Gasteiger partial charge in [-0.25, -0.2) is 4.57 Å². The Morgan fingerprint density at radius 3 is 2.46 bits per heavy atom. The van der Waals surface area contributed by atoms with E-state index in [0.29, 0.717) is 5.69 Å². The van der Waals surface area contributed by atoms with Crippen LogP contribution in [0.2, 0.25) is 0 Å². The first-order chi connectivity index (χ1) is 5.47. The van der Waals surface area contributed by atoms with Gasteiger partial charge in [-0.15, -0.1) is 0 Å². The van der Waals surface area contributed by atoms with E-state index in [0.717, 1.165) is 0 Å². The molecule has 0 aliphatic heterocycles. The van der Waals surface area contributed by atoms with Crippen molar-refractivity contribution in [3.05, 3.63) is 24.3 Å². The molecular weight excluding hydrogens is 220 g/mol. The van der Waals surface area contributed by atoms with Crippen LogP contribution in [0, 0.1) is 0 Å². The van der Waals surface area contributed by atoms with E-state index in [9.17, 15) is 4.57 Å². The molecule has 5 nitrogen and oxygen atoms in total. The van der Waals surface area contributed by atoms with Gasteiger partial charge in [0.2, 0.25) is 0 Å². The van der Waals surface area contributed by atoms with E-state index < -0.39 is 7.82 Å². The summed E-state index contributed by atoms with van der Waals surface area (Å²) in [6.45, 7) is 0.